The first-order valence-corrected chi connectivity index (χ1v) is 16.9. The molecule has 0 spiro atoms. The van der Waals surface area contributed by atoms with Crippen molar-refractivity contribution in [3.63, 3.8) is 0 Å². The summed E-state index contributed by atoms with van der Waals surface area (Å²) in [5.41, 5.74) is -1.94. The Labute approximate surface area is 269 Å². The van der Waals surface area contributed by atoms with Crippen molar-refractivity contribution in [3.05, 3.63) is 24.3 Å². The highest BCUT2D eigenvalue weighted by Gasteiger charge is 2.70. The van der Waals surface area contributed by atoms with Crippen LogP contribution >= 0.6 is 0 Å². The third-order valence-corrected chi connectivity index (χ3v) is 13.1. The first kappa shape index (κ1) is 36.5. The van der Waals surface area contributed by atoms with Gasteiger partial charge in [-0.15, -0.1) is 0 Å². The maximum absolute atomic E-state index is 12.1. The molecule has 45 heavy (non-hydrogen) atoms. The lowest BCUT2D eigenvalue weighted by Gasteiger charge is -2.68. The first-order chi connectivity index (χ1) is 20.6. The van der Waals surface area contributed by atoms with Crippen LogP contribution in [0.3, 0.4) is 0 Å². The molecule has 6 N–H and O–H groups in total. The van der Waals surface area contributed by atoms with Crippen LogP contribution in [0.4, 0.5) is 0 Å². The highest BCUT2D eigenvalue weighted by Crippen LogP contribution is 2.74. The third-order valence-electron chi connectivity index (χ3n) is 13.1. The Morgan fingerprint density at radius 3 is 2.22 bits per heavy atom. The van der Waals surface area contributed by atoms with Gasteiger partial charge in [-0.2, -0.15) is 0 Å². The van der Waals surface area contributed by atoms with Crippen LogP contribution in [0.25, 0.3) is 0 Å². The summed E-state index contributed by atoms with van der Waals surface area (Å²) in [6.45, 7) is 20.1. The number of allylic oxidation sites excluding steroid dienone is 1. The molecule has 0 aromatic heterocycles. The molecule has 1 heterocycles. The normalized spacial score (nSPS) is 46.8. The van der Waals surface area contributed by atoms with Gasteiger partial charge in [0, 0.05) is 6.42 Å². The zero-order chi connectivity index (χ0) is 33.9. The van der Waals surface area contributed by atoms with E-state index in [0.29, 0.717) is 19.3 Å². The van der Waals surface area contributed by atoms with E-state index in [0.717, 1.165) is 31.3 Å². The van der Waals surface area contributed by atoms with Crippen molar-refractivity contribution in [2.24, 2.45) is 39.9 Å². The van der Waals surface area contributed by atoms with Crippen LogP contribution in [0.15, 0.2) is 24.3 Å². The topological polar surface area (TPSA) is 157 Å². The number of rotatable bonds is 10. The van der Waals surface area contributed by atoms with E-state index in [1.807, 2.05) is 19.9 Å². The van der Waals surface area contributed by atoms with Gasteiger partial charge in [0.05, 0.1) is 23.4 Å². The van der Waals surface area contributed by atoms with Crippen LogP contribution < -0.4 is 0 Å². The van der Waals surface area contributed by atoms with Gasteiger partial charge in [-0.3, -0.25) is 4.79 Å². The van der Waals surface area contributed by atoms with E-state index in [2.05, 4.69) is 27.4 Å². The number of carboxylic acids is 1. The number of carbonyl (C=O) groups is 1. The van der Waals surface area contributed by atoms with Crippen molar-refractivity contribution >= 4 is 5.97 Å². The van der Waals surface area contributed by atoms with Crippen molar-refractivity contribution in [3.8, 4) is 0 Å². The maximum Gasteiger partial charge on any atom is 0.303 e. The van der Waals surface area contributed by atoms with E-state index < -0.39 is 54.0 Å². The Hall–Kier alpha value is -1.33. The van der Waals surface area contributed by atoms with Gasteiger partial charge >= 0.3 is 5.97 Å². The van der Waals surface area contributed by atoms with Crippen LogP contribution in [-0.4, -0.2) is 84.6 Å². The fourth-order valence-corrected chi connectivity index (χ4v) is 10.5. The molecule has 0 bridgehead atoms. The summed E-state index contributed by atoms with van der Waals surface area (Å²) in [5.74, 6) is -0.943. The molecular formula is C36H60O9. The van der Waals surface area contributed by atoms with Gasteiger partial charge in [0.25, 0.3) is 0 Å². The number of ether oxygens (including phenoxy) is 2. The molecule has 4 fully saturated rings. The second-order valence-electron chi connectivity index (χ2n) is 16.6. The Morgan fingerprint density at radius 2 is 1.64 bits per heavy atom. The number of hydrogen-bond donors (Lipinski definition) is 6. The lowest BCUT2D eigenvalue weighted by molar-refractivity contribution is -0.327. The molecule has 4 rings (SSSR count). The molecule has 258 valence electrons. The Bertz CT molecular complexity index is 1130. The standard InChI is InChI=1S/C36H60O9/c1-20(2)22-11-17-34(7)25(33(22,6)16-13-26(37)38)19-24(45-31-30(41)29(40)28(39)21(3)44-31)27-23(12-18-35(27,34)8)36(9,43)15-10-14-32(4,5)42/h10,14,21-25,27-31,39-43H,1,11-13,15-19H2,2-9H3,(H,37,38). The highest BCUT2D eigenvalue weighted by molar-refractivity contribution is 5.66. The van der Waals surface area contributed by atoms with Gasteiger partial charge in [-0.1, -0.05) is 45.1 Å². The molecular weight excluding hydrogens is 576 g/mol. The quantitative estimate of drug-likeness (QED) is 0.149. The summed E-state index contributed by atoms with van der Waals surface area (Å²) in [6, 6.07) is 0. The van der Waals surface area contributed by atoms with Gasteiger partial charge < -0.3 is 40.1 Å². The Kier molecular flexibility index (Phi) is 10.2. The van der Waals surface area contributed by atoms with Crippen molar-refractivity contribution < 1.29 is 44.9 Å². The Balaban J connectivity index is 1.80. The molecule has 0 radical (unpaired) electrons. The second-order valence-corrected chi connectivity index (χ2v) is 16.6. The van der Waals surface area contributed by atoms with Gasteiger partial charge in [0.15, 0.2) is 6.29 Å². The second kappa shape index (κ2) is 12.6. The average Bonchev–Trinajstić information content (AvgIpc) is 3.30. The largest absolute Gasteiger partial charge is 0.481 e. The summed E-state index contributed by atoms with van der Waals surface area (Å²) in [5, 5.41) is 64.1. The monoisotopic (exact) mass is 636 g/mol. The first-order valence-electron chi connectivity index (χ1n) is 16.9. The molecule has 14 atom stereocenters. The molecule has 3 aliphatic carbocycles. The maximum atomic E-state index is 12.1. The zero-order valence-corrected chi connectivity index (χ0v) is 28.7. The van der Waals surface area contributed by atoms with Crippen molar-refractivity contribution in [2.75, 3.05) is 0 Å². The summed E-state index contributed by atoms with van der Waals surface area (Å²) in [6.07, 6.45) is 1.91. The number of aliphatic carboxylic acids is 1. The smallest absolute Gasteiger partial charge is 0.303 e. The minimum atomic E-state index is -1.46. The van der Waals surface area contributed by atoms with Crippen LogP contribution in [0.2, 0.25) is 0 Å². The van der Waals surface area contributed by atoms with Gasteiger partial charge in [-0.05, 0) is 119 Å². The van der Waals surface area contributed by atoms with E-state index in [1.165, 1.54) is 0 Å². The van der Waals surface area contributed by atoms with Crippen LogP contribution in [0.1, 0.15) is 107 Å². The van der Waals surface area contributed by atoms with E-state index in [-0.39, 0.29) is 46.3 Å². The van der Waals surface area contributed by atoms with Crippen LogP contribution in [0.5, 0.6) is 0 Å². The number of fused-ring (bicyclic) bond motifs is 3. The van der Waals surface area contributed by atoms with Gasteiger partial charge in [-0.25, -0.2) is 0 Å². The summed E-state index contributed by atoms with van der Waals surface area (Å²) < 4.78 is 12.7. The van der Waals surface area contributed by atoms with E-state index in [4.69, 9.17) is 9.47 Å². The fourth-order valence-electron chi connectivity index (χ4n) is 10.5. The number of aliphatic hydroxyl groups is 5. The fraction of sp³-hybridized carbons (Fsp3) is 0.861. The predicted octanol–water partition coefficient (Wildman–Crippen LogP) is 4.58. The van der Waals surface area contributed by atoms with Gasteiger partial charge in [0.1, 0.15) is 18.3 Å². The number of carboxylic acid groups (broad SMARTS) is 1. The molecule has 1 aliphatic heterocycles. The Morgan fingerprint density at radius 1 is 1.02 bits per heavy atom. The third kappa shape index (κ3) is 6.57. The number of aliphatic hydroxyl groups excluding tert-OH is 3. The molecule has 14 unspecified atom stereocenters. The van der Waals surface area contributed by atoms with Gasteiger partial charge in [0.2, 0.25) is 0 Å². The lowest BCUT2D eigenvalue weighted by Crippen LogP contribution is -2.65. The molecule has 0 aromatic rings. The van der Waals surface area contributed by atoms with Crippen LogP contribution in [0, 0.1) is 39.9 Å². The SMILES string of the molecule is C=C(C)C1CCC2(C)C(CC(OC3OC(C)C(O)C(O)C3O)C3C(C(C)(O)CC=CC(C)(C)O)CCC32C)C1(C)CCC(=O)O. The van der Waals surface area contributed by atoms with E-state index in [1.54, 1.807) is 26.8 Å². The van der Waals surface area contributed by atoms with Crippen LogP contribution in [-0.2, 0) is 14.3 Å². The van der Waals surface area contributed by atoms with Crippen molar-refractivity contribution in [2.45, 2.75) is 155 Å². The molecule has 4 aliphatic rings. The molecule has 0 amide bonds. The zero-order valence-electron chi connectivity index (χ0n) is 28.7. The highest BCUT2D eigenvalue weighted by atomic mass is 16.7. The molecule has 9 nitrogen and oxygen atoms in total. The lowest BCUT2D eigenvalue weighted by atomic mass is 9.37. The average molecular weight is 637 g/mol. The molecule has 0 aromatic carbocycles. The van der Waals surface area contributed by atoms with E-state index in [9.17, 15) is 35.4 Å². The minimum Gasteiger partial charge on any atom is -0.481 e. The van der Waals surface area contributed by atoms with Crippen molar-refractivity contribution in [1.82, 2.24) is 0 Å². The van der Waals surface area contributed by atoms with E-state index >= 15 is 0 Å². The van der Waals surface area contributed by atoms with Crippen molar-refractivity contribution in [1.29, 1.82) is 0 Å². The predicted molar refractivity (Wildman–Crippen MR) is 171 cm³/mol. The summed E-state index contributed by atoms with van der Waals surface area (Å²) in [7, 11) is 0. The molecule has 3 saturated carbocycles. The number of hydrogen-bond acceptors (Lipinski definition) is 8. The summed E-state index contributed by atoms with van der Waals surface area (Å²) in [4.78, 5) is 11.9. The minimum absolute atomic E-state index is 0.0510. The molecule has 9 heteroatoms. The molecule has 1 saturated heterocycles. The summed E-state index contributed by atoms with van der Waals surface area (Å²) >= 11 is 0.